The lowest BCUT2D eigenvalue weighted by Crippen LogP contribution is -2.50. The molecule has 3 aromatic carbocycles. The first-order valence-corrected chi connectivity index (χ1v) is 12.4. The Hall–Kier alpha value is -5.19. The Labute approximate surface area is 221 Å². The van der Waals surface area contributed by atoms with Gasteiger partial charge in [0.15, 0.2) is 0 Å². The monoisotopic (exact) mass is 520 g/mol. The molecule has 0 radical (unpaired) electrons. The minimum absolute atomic E-state index is 0.139. The summed E-state index contributed by atoms with van der Waals surface area (Å²) < 4.78 is 1.21. The molecule has 0 N–H and O–H groups in total. The largest absolute Gasteiger partial charge is 0.351 e. The van der Waals surface area contributed by atoms with Gasteiger partial charge < -0.3 is 4.90 Å². The SMILES string of the molecule is Cc1cc([N+](=O)[O-])ccc1N1C(=O)[C@@H]2[C@H](C1=O)[C@@H](C(=O)n1nnc3ccccc31)N1c3ccccc3C=C[C@H]21. The number of non-ortho nitro benzene ring substituents is 1. The van der Waals surface area contributed by atoms with Crippen LogP contribution in [-0.2, 0) is 9.59 Å². The molecule has 11 nitrogen and oxygen atoms in total. The molecule has 4 atom stereocenters. The predicted molar refractivity (Wildman–Crippen MR) is 141 cm³/mol. The van der Waals surface area contributed by atoms with Gasteiger partial charge >= 0.3 is 0 Å². The van der Waals surface area contributed by atoms with Crippen LogP contribution in [0.3, 0.4) is 0 Å². The third-order valence-corrected chi connectivity index (χ3v) is 7.86. The van der Waals surface area contributed by atoms with E-state index in [1.165, 1.54) is 22.9 Å². The van der Waals surface area contributed by atoms with Crippen LogP contribution in [-0.4, -0.2) is 49.7 Å². The summed E-state index contributed by atoms with van der Waals surface area (Å²) in [6.07, 6.45) is 3.77. The number of nitro groups is 1. The molecule has 0 bridgehead atoms. The number of aryl methyl sites for hydroxylation is 1. The topological polar surface area (TPSA) is 132 Å². The summed E-state index contributed by atoms with van der Waals surface area (Å²) >= 11 is 0. The maximum Gasteiger partial charge on any atom is 0.272 e. The van der Waals surface area contributed by atoms with Crippen LogP contribution in [0.1, 0.15) is 15.9 Å². The van der Waals surface area contributed by atoms with Crippen LogP contribution in [0.2, 0.25) is 0 Å². The lowest BCUT2D eigenvalue weighted by atomic mass is 9.88. The molecule has 3 aliphatic heterocycles. The van der Waals surface area contributed by atoms with E-state index < -0.39 is 46.6 Å². The number of aromatic nitrogens is 3. The van der Waals surface area contributed by atoms with Gasteiger partial charge in [0.1, 0.15) is 11.6 Å². The number of para-hydroxylation sites is 2. The van der Waals surface area contributed by atoms with Crippen molar-refractivity contribution >= 4 is 51.9 Å². The van der Waals surface area contributed by atoms with Crippen LogP contribution in [0.15, 0.2) is 72.8 Å². The van der Waals surface area contributed by atoms with Gasteiger partial charge in [-0.3, -0.25) is 24.5 Å². The number of fused-ring (bicyclic) bond motifs is 6. The highest BCUT2D eigenvalue weighted by Crippen LogP contribution is 2.50. The molecule has 11 heteroatoms. The molecule has 4 aromatic rings. The molecule has 0 unspecified atom stereocenters. The first kappa shape index (κ1) is 23.0. The van der Waals surface area contributed by atoms with E-state index in [-0.39, 0.29) is 11.4 Å². The van der Waals surface area contributed by atoms with Crippen LogP contribution >= 0.6 is 0 Å². The van der Waals surface area contributed by atoms with Gasteiger partial charge in [0.25, 0.3) is 11.6 Å². The van der Waals surface area contributed by atoms with Gasteiger partial charge in [-0.05, 0) is 42.3 Å². The Balaban J connectivity index is 1.38. The van der Waals surface area contributed by atoms with Crippen molar-refractivity contribution in [2.75, 3.05) is 9.80 Å². The van der Waals surface area contributed by atoms with Crippen LogP contribution in [0, 0.1) is 28.9 Å². The van der Waals surface area contributed by atoms with Gasteiger partial charge in [0, 0.05) is 17.8 Å². The summed E-state index contributed by atoms with van der Waals surface area (Å²) in [5.41, 5.74) is 3.21. The number of carbonyl (C=O) groups excluding carboxylic acids is 3. The number of nitro benzene ring substituents is 1. The zero-order chi connectivity index (χ0) is 27.0. The molecule has 39 heavy (non-hydrogen) atoms. The fraction of sp³-hybridized carbons (Fsp3) is 0.179. The fourth-order valence-corrected chi connectivity index (χ4v) is 6.20. The lowest BCUT2D eigenvalue weighted by molar-refractivity contribution is -0.384. The van der Waals surface area contributed by atoms with E-state index in [2.05, 4.69) is 10.3 Å². The van der Waals surface area contributed by atoms with E-state index in [4.69, 9.17) is 0 Å². The predicted octanol–water partition coefficient (Wildman–Crippen LogP) is 3.38. The molecule has 2 saturated heterocycles. The second-order valence-corrected chi connectivity index (χ2v) is 9.88. The van der Waals surface area contributed by atoms with Crippen LogP contribution in [0.25, 0.3) is 17.1 Å². The summed E-state index contributed by atoms with van der Waals surface area (Å²) in [5, 5.41) is 19.5. The molecular weight excluding hydrogens is 500 g/mol. The zero-order valence-electron chi connectivity index (χ0n) is 20.5. The Bertz CT molecular complexity index is 1780. The van der Waals surface area contributed by atoms with Crippen molar-refractivity contribution in [3.8, 4) is 0 Å². The summed E-state index contributed by atoms with van der Waals surface area (Å²) in [7, 11) is 0. The number of imide groups is 1. The van der Waals surface area contributed by atoms with Crippen molar-refractivity contribution < 1.29 is 19.3 Å². The van der Waals surface area contributed by atoms with Crippen LogP contribution in [0.5, 0.6) is 0 Å². The molecule has 0 spiro atoms. The van der Waals surface area contributed by atoms with Crippen molar-refractivity contribution in [1.82, 2.24) is 15.0 Å². The number of carbonyl (C=O) groups is 3. The first-order valence-electron chi connectivity index (χ1n) is 12.4. The van der Waals surface area contributed by atoms with Gasteiger partial charge in [-0.15, -0.1) is 5.10 Å². The highest BCUT2D eigenvalue weighted by atomic mass is 16.6. The third-order valence-electron chi connectivity index (χ3n) is 7.86. The smallest absolute Gasteiger partial charge is 0.272 e. The molecule has 192 valence electrons. The molecule has 4 heterocycles. The van der Waals surface area contributed by atoms with Crippen molar-refractivity contribution in [3.05, 3.63) is 94.0 Å². The Kier molecular flexibility index (Phi) is 4.80. The van der Waals surface area contributed by atoms with Gasteiger partial charge in [-0.25, -0.2) is 4.90 Å². The molecule has 2 fully saturated rings. The molecule has 0 saturated carbocycles. The van der Waals surface area contributed by atoms with Crippen molar-refractivity contribution in [3.63, 3.8) is 0 Å². The van der Waals surface area contributed by atoms with Gasteiger partial charge in [0.2, 0.25) is 11.8 Å². The number of benzene rings is 3. The van der Waals surface area contributed by atoms with E-state index in [0.29, 0.717) is 16.6 Å². The number of rotatable bonds is 3. The van der Waals surface area contributed by atoms with Crippen molar-refractivity contribution in [2.24, 2.45) is 11.8 Å². The minimum Gasteiger partial charge on any atom is -0.351 e. The highest BCUT2D eigenvalue weighted by molar-refractivity contribution is 6.25. The fourth-order valence-electron chi connectivity index (χ4n) is 6.20. The van der Waals surface area contributed by atoms with Crippen LogP contribution < -0.4 is 9.80 Å². The number of hydrogen-bond donors (Lipinski definition) is 0. The van der Waals surface area contributed by atoms with E-state index >= 15 is 0 Å². The second-order valence-electron chi connectivity index (χ2n) is 9.88. The molecule has 0 aliphatic carbocycles. The average Bonchev–Trinajstić information content (AvgIpc) is 3.60. The zero-order valence-corrected chi connectivity index (χ0v) is 20.5. The minimum atomic E-state index is -1.03. The Morgan fingerprint density at radius 1 is 0.949 bits per heavy atom. The van der Waals surface area contributed by atoms with Gasteiger partial charge in [-0.1, -0.05) is 47.7 Å². The molecule has 3 aliphatic rings. The number of hydrogen-bond acceptors (Lipinski definition) is 8. The summed E-state index contributed by atoms with van der Waals surface area (Å²) in [6.45, 7) is 1.62. The molecule has 2 amide bonds. The molecule has 7 rings (SSSR count). The standard InChI is InChI=1S/C28H20N6O5/c1-15-14-17(34(38)39)11-13-19(15)32-26(35)23-22-12-10-16-6-2-4-8-20(16)31(22)25(24(23)27(32)36)28(37)33-21-9-5-3-7-18(21)29-30-33/h2-14,22-25H,1H3/t22-,23+,24+,25+/m1/s1. The van der Waals surface area contributed by atoms with Crippen LogP contribution in [0.4, 0.5) is 17.1 Å². The normalized spacial score (nSPS) is 23.2. The van der Waals surface area contributed by atoms with E-state index in [9.17, 15) is 24.5 Å². The molecular formula is C28H20N6O5. The number of amides is 2. The van der Waals surface area contributed by atoms with E-state index in [0.717, 1.165) is 16.2 Å². The van der Waals surface area contributed by atoms with Crippen molar-refractivity contribution in [2.45, 2.75) is 19.0 Å². The van der Waals surface area contributed by atoms with Gasteiger partial charge in [-0.2, -0.15) is 4.68 Å². The Morgan fingerprint density at radius 2 is 1.69 bits per heavy atom. The van der Waals surface area contributed by atoms with E-state index in [1.54, 1.807) is 31.2 Å². The number of nitrogens with zero attached hydrogens (tertiary/aromatic N) is 6. The van der Waals surface area contributed by atoms with E-state index in [1.807, 2.05) is 41.3 Å². The van der Waals surface area contributed by atoms with Crippen molar-refractivity contribution in [1.29, 1.82) is 0 Å². The highest BCUT2D eigenvalue weighted by Gasteiger charge is 2.65. The quantitative estimate of drug-likeness (QED) is 0.228. The maximum atomic E-state index is 14.2. The lowest BCUT2D eigenvalue weighted by Gasteiger charge is -2.36. The maximum absolute atomic E-state index is 14.2. The summed E-state index contributed by atoms with van der Waals surface area (Å²) in [4.78, 5) is 56.0. The third kappa shape index (κ3) is 3.13. The van der Waals surface area contributed by atoms with Gasteiger partial charge in [0.05, 0.1) is 34.0 Å². The first-order chi connectivity index (χ1) is 18.9. The second kappa shape index (κ2) is 8.15. The summed E-state index contributed by atoms with van der Waals surface area (Å²) in [5.74, 6) is -3.26. The Morgan fingerprint density at radius 3 is 2.49 bits per heavy atom. The number of anilines is 2. The average molecular weight is 521 g/mol. The molecule has 1 aromatic heterocycles. The summed E-state index contributed by atoms with van der Waals surface area (Å²) in [6, 6.07) is 17.0.